The number of nitrogens with zero attached hydrogens (tertiary/aromatic N) is 1. The molecule has 6 nitrogen and oxygen atoms in total. The van der Waals surface area contributed by atoms with E-state index in [0.717, 1.165) is 17.7 Å². The Balaban J connectivity index is 1.66. The summed E-state index contributed by atoms with van der Waals surface area (Å²) in [5.74, 6) is 1.23. The number of nitrogens with one attached hydrogen (secondary N) is 1. The van der Waals surface area contributed by atoms with Crippen LogP contribution in [0.2, 0.25) is 0 Å². The van der Waals surface area contributed by atoms with Crippen LogP contribution in [-0.4, -0.2) is 31.6 Å². The van der Waals surface area contributed by atoms with Crippen molar-refractivity contribution < 1.29 is 19.1 Å². The smallest absolute Gasteiger partial charge is 0.251 e. The SMILES string of the molecule is COc1cc(CNC(=O)c2cccc(N3CCCC3=O)c2)ccc1OC(C)C. The first-order chi connectivity index (χ1) is 13.5. The van der Waals surface area contributed by atoms with Crippen molar-refractivity contribution in [3.8, 4) is 11.5 Å². The highest BCUT2D eigenvalue weighted by molar-refractivity contribution is 5.99. The van der Waals surface area contributed by atoms with Crippen LogP contribution in [0.1, 0.15) is 42.6 Å². The standard InChI is InChI=1S/C22H26N2O4/c1-15(2)28-19-10-9-16(12-20(19)27-3)14-23-22(26)17-6-4-7-18(13-17)24-11-5-8-21(24)25/h4,6-7,9-10,12-13,15H,5,8,11,14H2,1-3H3,(H,23,26). The number of hydrogen-bond acceptors (Lipinski definition) is 4. The van der Waals surface area contributed by atoms with Gasteiger partial charge in [-0.2, -0.15) is 0 Å². The van der Waals surface area contributed by atoms with Gasteiger partial charge in [0, 0.05) is 30.8 Å². The lowest BCUT2D eigenvalue weighted by molar-refractivity contribution is -0.117. The van der Waals surface area contributed by atoms with Crippen LogP contribution in [-0.2, 0) is 11.3 Å². The molecule has 28 heavy (non-hydrogen) atoms. The van der Waals surface area contributed by atoms with E-state index in [1.165, 1.54) is 0 Å². The lowest BCUT2D eigenvalue weighted by atomic mass is 10.1. The second-order valence-corrected chi connectivity index (χ2v) is 7.03. The Morgan fingerprint density at radius 2 is 2.00 bits per heavy atom. The van der Waals surface area contributed by atoms with Gasteiger partial charge in [0.1, 0.15) is 0 Å². The van der Waals surface area contributed by atoms with E-state index in [1.54, 1.807) is 30.2 Å². The summed E-state index contributed by atoms with van der Waals surface area (Å²) in [6.45, 7) is 4.98. The minimum absolute atomic E-state index is 0.0502. The molecule has 0 aromatic heterocycles. The summed E-state index contributed by atoms with van der Waals surface area (Å²) in [5.41, 5.74) is 2.21. The first-order valence-electron chi connectivity index (χ1n) is 9.50. The maximum absolute atomic E-state index is 12.6. The Bertz CT molecular complexity index is 863. The summed E-state index contributed by atoms with van der Waals surface area (Å²) in [6.07, 6.45) is 1.47. The normalized spacial score (nSPS) is 13.7. The average Bonchev–Trinajstić information content (AvgIpc) is 3.12. The number of carbonyl (C=O) groups excluding carboxylic acids is 2. The van der Waals surface area contributed by atoms with Crippen LogP contribution in [0.3, 0.4) is 0 Å². The van der Waals surface area contributed by atoms with Crippen molar-refractivity contribution in [2.45, 2.75) is 39.3 Å². The topological polar surface area (TPSA) is 67.9 Å². The van der Waals surface area contributed by atoms with Crippen LogP contribution in [0.5, 0.6) is 11.5 Å². The van der Waals surface area contributed by atoms with Gasteiger partial charge < -0.3 is 19.7 Å². The zero-order valence-electron chi connectivity index (χ0n) is 16.5. The maximum atomic E-state index is 12.6. The predicted octanol–water partition coefficient (Wildman–Crippen LogP) is 3.54. The lowest BCUT2D eigenvalue weighted by Crippen LogP contribution is -2.25. The summed E-state index contributed by atoms with van der Waals surface area (Å²) < 4.78 is 11.1. The highest BCUT2D eigenvalue weighted by Gasteiger charge is 2.22. The quantitative estimate of drug-likeness (QED) is 0.795. The largest absolute Gasteiger partial charge is 0.493 e. The number of carbonyl (C=O) groups is 2. The Kier molecular flexibility index (Phi) is 6.19. The van der Waals surface area contributed by atoms with Crippen molar-refractivity contribution in [2.75, 3.05) is 18.6 Å². The Labute approximate surface area is 165 Å². The fourth-order valence-electron chi connectivity index (χ4n) is 3.19. The molecule has 2 amide bonds. The summed E-state index contributed by atoms with van der Waals surface area (Å²) in [5, 5.41) is 2.92. The number of hydrogen-bond donors (Lipinski definition) is 1. The molecule has 1 fully saturated rings. The van der Waals surface area contributed by atoms with Gasteiger partial charge in [0.15, 0.2) is 11.5 Å². The molecule has 3 rings (SSSR count). The molecule has 6 heteroatoms. The fraction of sp³-hybridized carbons (Fsp3) is 0.364. The van der Waals surface area contributed by atoms with Gasteiger partial charge in [-0.3, -0.25) is 9.59 Å². The second-order valence-electron chi connectivity index (χ2n) is 7.03. The van der Waals surface area contributed by atoms with Gasteiger partial charge in [-0.1, -0.05) is 12.1 Å². The second kappa shape index (κ2) is 8.78. The molecule has 0 aliphatic carbocycles. The van der Waals surface area contributed by atoms with E-state index >= 15 is 0 Å². The molecule has 0 radical (unpaired) electrons. The first-order valence-corrected chi connectivity index (χ1v) is 9.50. The molecule has 0 unspecified atom stereocenters. The molecular formula is C22H26N2O4. The summed E-state index contributed by atoms with van der Waals surface area (Å²) in [4.78, 5) is 26.2. The van der Waals surface area contributed by atoms with Crippen LogP contribution in [0.25, 0.3) is 0 Å². The van der Waals surface area contributed by atoms with Crippen molar-refractivity contribution in [2.24, 2.45) is 0 Å². The van der Waals surface area contributed by atoms with Crippen molar-refractivity contribution >= 4 is 17.5 Å². The molecular weight excluding hydrogens is 356 g/mol. The first kappa shape index (κ1) is 19.7. The van der Waals surface area contributed by atoms with Gasteiger partial charge in [-0.25, -0.2) is 0 Å². The van der Waals surface area contributed by atoms with Crippen molar-refractivity contribution in [3.05, 3.63) is 53.6 Å². The molecule has 1 aliphatic rings. The van der Waals surface area contributed by atoms with Crippen molar-refractivity contribution in [1.29, 1.82) is 0 Å². The molecule has 1 saturated heterocycles. The molecule has 1 heterocycles. The van der Waals surface area contributed by atoms with Crippen LogP contribution >= 0.6 is 0 Å². The van der Waals surface area contributed by atoms with Crippen molar-refractivity contribution in [3.63, 3.8) is 0 Å². The van der Waals surface area contributed by atoms with Crippen LogP contribution in [0.15, 0.2) is 42.5 Å². The summed E-state index contributed by atoms with van der Waals surface area (Å²) in [6, 6.07) is 12.8. The minimum atomic E-state index is -0.185. The average molecular weight is 382 g/mol. The van der Waals surface area contributed by atoms with E-state index in [9.17, 15) is 9.59 Å². The molecule has 0 spiro atoms. The Morgan fingerprint density at radius 1 is 1.18 bits per heavy atom. The van der Waals surface area contributed by atoms with E-state index in [4.69, 9.17) is 9.47 Å². The fourth-order valence-corrected chi connectivity index (χ4v) is 3.19. The number of rotatable bonds is 7. The molecule has 148 valence electrons. The van der Waals surface area contributed by atoms with Gasteiger partial charge in [0.25, 0.3) is 5.91 Å². The summed E-state index contributed by atoms with van der Waals surface area (Å²) >= 11 is 0. The maximum Gasteiger partial charge on any atom is 0.251 e. The minimum Gasteiger partial charge on any atom is -0.493 e. The van der Waals surface area contributed by atoms with Crippen molar-refractivity contribution in [1.82, 2.24) is 5.32 Å². The number of amides is 2. The van der Waals surface area contributed by atoms with Gasteiger partial charge in [-0.15, -0.1) is 0 Å². The van der Waals surface area contributed by atoms with Crippen LogP contribution in [0.4, 0.5) is 5.69 Å². The number of benzene rings is 2. The predicted molar refractivity (Wildman–Crippen MR) is 108 cm³/mol. The molecule has 0 saturated carbocycles. The molecule has 1 N–H and O–H groups in total. The van der Waals surface area contributed by atoms with Gasteiger partial charge in [-0.05, 0) is 56.2 Å². The van der Waals surface area contributed by atoms with E-state index in [2.05, 4.69) is 5.32 Å². The summed E-state index contributed by atoms with van der Waals surface area (Å²) in [7, 11) is 1.59. The van der Waals surface area contributed by atoms with Gasteiger partial charge in [0.2, 0.25) is 5.91 Å². The van der Waals surface area contributed by atoms with E-state index in [1.807, 2.05) is 38.1 Å². The third-order valence-corrected chi connectivity index (χ3v) is 4.54. The van der Waals surface area contributed by atoms with E-state index in [-0.39, 0.29) is 17.9 Å². The molecule has 0 bridgehead atoms. The number of anilines is 1. The van der Waals surface area contributed by atoms with E-state index < -0.39 is 0 Å². The molecule has 1 aliphatic heterocycles. The van der Waals surface area contributed by atoms with Gasteiger partial charge in [0.05, 0.1) is 13.2 Å². The number of ether oxygens (including phenoxy) is 2. The molecule has 2 aromatic carbocycles. The highest BCUT2D eigenvalue weighted by atomic mass is 16.5. The van der Waals surface area contributed by atoms with Crippen LogP contribution < -0.4 is 19.7 Å². The molecule has 0 atom stereocenters. The Morgan fingerprint density at radius 3 is 2.68 bits per heavy atom. The zero-order chi connectivity index (χ0) is 20.1. The van der Waals surface area contributed by atoms with Gasteiger partial charge >= 0.3 is 0 Å². The highest BCUT2D eigenvalue weighted by Crippen LogP contribution is 2.29. The van der Waals surface area contributed by atoms with Crippen LogP contribution in [0, 0.1) is 0 Å². The monoisotopic (exact) mass is 382 g/mol. The molecule has 2 aromatic rings. The third kappa shape index (κ3) is 4.63. The Hall–Kier alpha value is -3.02. The zero-order valence-corrected chi connectivity index (χ0v) is 16.5. The number of methoxy groups -OCH3 is 1. The van der Waals surface area contributed by atoms with E-state index in [0.29, 0.717) is 36.6 Å². The third-order valence-electron chi connectivity index (χ3n) is 4.54. The lowest BCUT2D eigenvalue weighted by Gasteiger charge is -2.17.